The Labute approximate surface area is 143 Å². The number of carbonyl (C=O) groups is 1. The topological polar surface area (TPSA) is 85.2 Å². The first kappa shape index (κ1) is 18.1. The van der Waals surface area contributed by atoms with Gasteiger partial charge in [0, 0.05) is 32.1 Å². The molecule has 2 rings (SSSR count). The fourth-order valence-electron chi connectivity index (χ4n) is 2.85. The van der Waals surface area contributed by atoms with Crippen LogP contribution in [0.25, 0.3) is 0 Å². The van der Waals surface area contributed by atoms with Crippen LogP contribution in [0.4, 0.5) is 5.82 Å². The van der Waals surface area contributed by atoms with Gasteiger partial charge in [0.2, 0.25) is 5.91 Å². The quantitative estimate of drug-likeness (QED) is 0.862. The molecule has 1 amide bonds. The Morgan fingerprint density at radius 1 is 1.33 bits per heavy atom. The van der Waals surface area contributed by atoms with E-state index in [1.807, 2.05) is 32.8 Å². The van der Waals surface area contributed by atoms with Gasteiger partial charge in [-0.25, -0.2) is 0 Å². The van der Waals surface area contributed by atoms with E-state index in [0.29, 0.717) is 17.9 Å². The first-order chi connectivity index (χ1) is 11.4. The summed E-state index contributed by atoms with van der Waals surface area (Å²) < 4.78 is 0. The van der Waals surface area contributed by atoms with Crippen LogP contribution in [-0.4, -0.2) is 61.3 Å². The second-order valence-electron chi connectivity index (χ2n) is 6.58. The molecule has 0 spiro atoms. The molecule has 0 radical (unpaired) electrons. The normalized spacial score (nSPS) is 15.4. The average Bonchev–Trinajstić information content (AvgIpc) is 2.57. The van der Waals surface area contributed by atoms with E-state index in [2.05, 4.69) is 26.5 Å². The number of nitrogens with zero attached hydrogens (tertiary/aromatic N) is 5. The van der Waals surface area contributed by atoms with Gasteiger partial charge in [-0.2, -0.15) is 10.4 Å². The number of anilines is 1. The molecule has 2 heterocycles. The molecule has 130 valence electrons. The van der Waals surface area contributed by atoms with Crippen molar-refractivity contribution in [2.75, 3.05) is 45.2 Å². The van der Waals surface area contributed by atoms with Crippen LogP contribution in [0.3, 0.4) is 0 Å². The molecule has 7 nitrogen and oxygen atoms in total. The van der Waals surface area contributed by atoms with Crippen LogP contribution < -0.4 is 10.2 Å². The molecule has 1 saturated heterocycles. The minimum Gasteiger partial charge on any atom is -0.355 e. The van der Waals surface area contributed by atoms with Crippen molar-refractivity contribution in [2.45, 2.75) is 26.7 Å². The van der Waals surface area contributed by atoms with Gasteiger partial charge in [-0.05, 0) is 46.3 Å². The first-order valence-corrected chi connectivity index (χ1v) is 8.35. The molecule has 1 aromatic rings. The minimum atomic E-state index is 0.0356. The lowest BCUT2D eigenvalue weighted by Gasteiger charge is -2.32. The molecule has 0 atom stereocenters. The Morgan fingerprint density at radius 3 is 2.58 bits per heavy atom. The maximum atomic E-state index is 12.2. The van der Waals surface area contributed by atoms with E-state index < -0.39 is 0 Å². The SMILES string of the molecule is Cc1nnc(N2CCC(C(=O)NCCN(C)C)CC2)c(C#N)c1C. The second kappa shape index (κ2) is 8.06. The van der Waals surface area contributed by atoms with Crippen molar-refractivity contribution < 1.29 is 4.79 Å². The van der Waals surface area contributed by atoms with Gasteiger partial charge < -0.3 is 15.1 Å². The van der Waals surface area contributed by atoms with Gasteiger partial charge in [0.25, 0.3) is 0 Å². The van der Waals surface area contributed by atoms with E-state index in [1.54, 1.807) is 0 Å². The van der Waals surface area contributed by atoms with Crippen LogP contribution >= 0.6 is 0 Å². The van der Waals surface area contributed by atoms with E-state index >= 15 is 0 Å². The lowest BCUT2D eigenvalue weighted by Crippen LogP contribution is -2.42. The van der Waals surface area contributed by atoms with E-state index in [1.165, 1.54) is 0 Å². The molecule has 0 aliphatic carbocycles. The smallest absolute Gasteiger partial charge is 0.223 e. The monoisotopic (exact) mass is 330 g/mol. The van der Waals surface area contributed by atoms with Gasteiger partial charge in [0.15, 0.2) is 5.82 Å². The van der Waals surface area contributed by atoms with Crippen LogP contribution in [0.15, 0.2) is 0 Å². The summed E-state index contributed by atoms with van der Waals surface area (Å²) in [5.74, 6) is 0.809. The van der Waals surface area contributed by atoms with Crippen molar-refractivity contribution in [3.8, 4) is 6.07 Å². The molecule has 1 N–H and O–H groups in total. The van der Waals surface area contributed by atoms with Crippen LogP contribution in [0, 0.1) is 31.1 Å². The highest BCUT2D eigenvalue weighted by atomic mass is 16.1. The van der Waals surface area contributed by atoms with Gasteiger partial charge in [-0.3, -0.25) is 4.79 Å². The summed E-state index contributed by atoms with van der Waals surface area (Å²) in [4.78, 5) is 16.3. The number of rotatable bonds is 5. The summed E-state index contributed by atoms with van der Waals surface area (Å²) in [6.45, 7) is 6.71. The minimum absolute atomic E-state index is 0.0356. The third-order valence-corrected chi connectivity index (χ3v) is 4.57. The molecule has 0 unspecified atom stereocenters. The summed E-state index contributed by atoms with van der Waals surface area (Å²) in [5.41, 5.74) is 2.26. The van der Waals surface area contributed by atoms with E-state index in [-0.39, 0.29) is 11.8 Å². The largest absolute Gasteiger partial charge is 0.355 e. The highest BCUT2D eigenvalue weighted by molar-refractivity contribution is 5.79. The molecule has 0 aromatic carbocycles. The van der Waals surface area contributed by atoms with Gasteiger partial charge in [-0.15, -0.1) is 5.10 Å². The fraction of sp³-hybridized carbons (Fsp3) is 0.647. The maximum absolute atomic E-state index is 12.2. The standard InChI is InChI=1S/C17H26N6O/c1-12-13(2)20-21-16(15(12)11-18)23-8-5-14(6-9-23)17(24)19-7-10-22(3)4/h14H,5-10H2,1-4H3,(H,19,24). The van der Waals surface area contributed by atoms with Crippen LogP contribution in [0.1, 0.15) is 29.7 Å². The van der Waals surface area contributed by atoms with Crippen LogP contribution in [0.2, 0.25) is 0 Å². The molecule has 1 aromatic heterocycles. The first-order valence-electron chi connectivity index (χ1n) is 8.35. The van der Waals surface area contributed by atoms with Crippen LogP contribution in [-0.2, 0) is 4.79 Å². The number of likely N-dealkylation sites (N-methyl/N-ethyl adjacent to an activating group) is 1. The van der Waals surface area contributed by atoms with Crippen molar-refractivity contribution in [1.82, 2.24) is 20.4 Å². The molecule has 1 fully saturated rings. The second-order valence-corrected chi connectivity index (χ2v) is 6.58. The predicted molar refractivity (Wildman–Crippen MR) is 92.7 cm³/mol. The van der Waals surface area contributed by atoms with Crippen molar-refractivity contribution in [1.29, 1.82) is 5.26 Å². The Balaban J connectivity index is 1.95. The van der Waals surface area contributed by atoms with Crippen molar-refractivity contribution in [3.63, 3.8) is 0 Å². The molecule has 0 saturated carbocycles. The summed E-state index contributed by atoms with van der Waals surface area (Å²) in [7, 11) is 3.98. The zero-order valence-corrected chi connectivity index (χ0v) is 15.0. The predicted octanol–water partition coefficient (Wildman–Crippen LogP) is 0.859. The summed E-state index contributed by atoms with van der Waals surface area (Å²) in [6, 6.07) is 2.25. The van der Waals surface area contributed by atoms with Gasteiger partial charge in [0.05, 0.1) is 5.69 Å². The molecular weight excluding hydrogens is 304 g/mol. The average molecular weight is 330 g/mol. The van der Waals surface area contributed by atoms with Crippen molar-refractivity contribution in [2.24, 2.45) is 5.92 Å². The molecular formula is C17H26N6O. The molecule has 0 bridgehead atoms. The molecule has 1 aliphatic heterocycles. The molecule has 1 aliphatic rings. The van der Waals surface area contributed by atoms with Crippen molar-refractivity contribution >= 4 is 11.7 Å². The summed E-state index contributed by atoms with van der Waals surface area (Å²) >= 11 is 0. The van der Waals surface area contributed by atoms with Gasteiger partial charge >= 0.3 is 0 Å². The Morgan fingerprint density at radius 2 is 2.00 bits per heavy atom. The number of aryl methyl sites for hydroxylation is 1. The number of aromatic nitrogens is 2. The zero-order valence-electron chi connectivity index (χ0n) is 15.0. The number of carbonyl (C=O) groups excluding carboxylic acids is 1. The van der Waals surface area contributed by atoms with E-state index in [9.17, 15) is 10.1 Å². The highest BCUT2D eigenvalue weighted by Crippen LogP contribution is 2.26. The number of hydrogen-bond donors (Lipinski definition) is 1. The molecule has 24 heavy (non-hydrogen) atoms. The van der Waals surface area contributed by atoms with E-state index in [0.717, 1.165) is 43.7 Å². The lowest BCUT2D eigenvalue weighted by molar-refractivity contribution is -0.125. The lowest BCUT2D eigenvalue weighted by atomic mass is 9.95. The third kappa shape index (κ3) is 4.20. The van der Waals surface area contributed by atoms with Crippen LogP contribution in [0.5, 0.6) is 0 Å². The number of piperidine rings is 1. The summed E-state index contributed by atoms with van der Waals surface area (Å²) in [5, 5.41) is 20.8. The number of nitriles is 1. The Kier molecular flexibility index (Phi) is 6.10. The van der Waals surface area contributed by atoms with Crippen molar-refractivity contribution in [3.05, 3.63) is 16.8 Å². The Hall–Kier alpha value is -2.20. The Bertz CT molecular complexity index is 629. The highest BCUT2D eigenvalue weighted by Gasteiger charge is 2.27. The number of nitrogens with one attached hydrogen (secondary N) is 1. The maximum Gasteiger partial charge on any atom is 0.223 e. The summed E-state index contributed by atoms with van der Waals surface area (Å²) in [6.07, 6.45) is 1.54. The van der Waals surface area contributed by atoms with Gasteiger partial charge in [-0.1, -0.05) is 0 Å². The van der Waals surface area contributed by atoms with Gasteiger partial charge in [0.1, 0.15) is 11.6 Å². The number of hydrogen-bond acceptors (Lipinski definition) is 6. The fourth-order valence-corrected chi connectivity index (χ4v) is 2.85. The third-order valence-electron chi connectivity index (χ3n) is 4.57. The molecule has 7 heteroatoms. The number of amides is 1. The van der Waals surface area contributed by atoms with E-state index in [4.69, 9.17) is 0 Å². The zero-order chi connectivity index (χ0) is 17.7.